The van der Waals surface area contributed by atoms with E-state index >= 15 is 0 Å². The van der Waals surface area contributed by atoms with Crippen molar-refractivity contribution >= 4 is 18.3 Å². The number of rotatable bonds is 2. The second kappa shape index (κ2) is 6.45. The maximum absolute atomic E-state index is 12.6. The molecular weight excluding hydrogens is 293 g/mol. The number of nitrogens with zero attached hydrogens (tertiary/aromatic N) is 1. The van der Waals surface area contributed by atoms with Crippen molar-refractivity contribution in [1.29, 1.82) is 0 Å². The van der Waals surface area contributed by atoms with Crippen LogP contribution >= 0.6 is 12.4 Å². The van der Waals surface area contributed by atoms with Gasteiger partial charge in [0.25, 0.3) is 5.91 Å². The molecule has 1 aliphatic rings. The van der Waals surface area contributed by atoms with Crippen LogP contribution in [0.15, 0.2) is 24.3 Å². The van der Waals surface area contributed by atoms with Gasteiger partial charge >= 0.3 is 6.18 Å². The number of carbonyl (C=O) groups is 1. The highest BCUT2D eigenvalue weighted by Gasteiger charge is 2.31. The van der Waals surface area contributed by atoms with Gasteiger partial charge in [-0.15, -0.1) is 12.4 Å². The van der Waals surface area contributed by atoms with Gasteiger partial charge in [-0.05, 0) is 31.2 Å². The zero-order chi connectivity index (χ0) is 14.0. The molecule has 0 bridgehead atoms. The van der Waals surface area contributed by atoms with E-state index in [-0.39, 0.29) is 29.9 Å². The van der Waals surface area contributed by atoms with Crippen molar-refractivity contribution in [3.63, 3.8) is 0 Å². The number of amides is 1. The minimum absolute atomic E-state index is 0. The number of likely N-dealkylation sites (N-methyl/N-ethyl adjacent to an activating group) is 1. The van der Waals surface area contributed by atoms with E-state index in [2.05, 4.69) is 5.32 Å². The molecule has 1 aromatic rings. The zero-order valence-corrected chi connectivity index (χ0v) is 11.7. The summed E-state index contributed by atoms with van der Waals surface area (Å²) < 4.78 is 37.8. The Bertz CT molecular complexity index is 473. The van der Waals surface area contributed by atoms with Gasteiger partial charge in [0.15, 0.2) is 0 Å². The Balaban J connectivity index is 0.00000200. The lowest BCUT2D eigenvalue weighted by molar-refractivity contribution is -0.137. The summed E-state index contributed by atoms with van der Waals surface area (Å²) in [5, 5.41) is 3.12. The summed E-state index contributed by atoms with van der Waals surface area (Å²) in [6.07, 6.45) is -3.61. The number of carbonyl (C=O) groups excluding carboxylic acids is 1. The predicted molar refractivity (Wildman–Crippen MR) is 72.1 cm³/mol. The molecule has 0 aromatic heterocycles. The molecule has 0 spiro atoms. The molecule has 20 heavy (non-hydrogen) atoms. The molecule has 1 saturated heterocycles. The zero-order valence-electron chi connectivity index (χ0n) is 10.9. The highest BCUT2D eigenvalue weighted by Crippen LogP contribution is 2.29. The lowest BCUT2D eigenvalue weighted by Gasteiger charge is -2.24. The molecule has 1 aliphatic heterocycles. The lowest BCUT2D eigenvalue weighted by atomic mass is 10.1. The summed E-state index contributed by atoms with van der Waals surface area (Å²) in [5.74, 6) is -0.375. The van der Waals surface area contributed by atoms with Crippen LogP contribution in [0.5, 0.6) is 0 Å². The predicted octanol–water partition coefficient (Wildman–Crippen LogP) is 2.56. The SMILES string of the molecule is CN(C(=O)c1cccc(C(F)(F)F)c1)[C@@H]1CCNC1.Cl. The van der Waals surface area contributed by atoms with Crippen LogP contribution in [0.1, 0.15) is 22.3 Å². The van der Waals surface area contributed by atoms with Crippen LogP contribution in [0.4, 0.5) is 13.2 Å². The van der Waals surface area contributed by atoms with Crippen LogP contribution in [0.2, 0.25) is 0 Å². The number of benzene rings is 1. The van der Waals surface area contributed by atoms with Crippen LogP contribution in [0.3, 0.4) is 0 Å². The standard InChI is InChI=1S/C13H15F3N2O.ClH/c1-18(11-5-6-17-8-11)12(19)9-3-2-4-10(7-9)13(14,15)16;/h2-4,7,11,17H,5-6,8H2,1H3;1H/t11-;/m1./s1. The summed E-state index contributed by atoms with van der Waals surface area (Å²) in [6.45, 7) is 1.51. The van der Waals surface area contributed by atoms with Gasteiger partial charge in [-0.1, -0.05) is 6.07 Å². The smallest absolute Gasteiger partial charge is 0.337 e. The highest BCUT2D eigenvalue weighted by molar-refractivity contribution is 5.94. The van der Waals surface area contributed by atoms with Gasteiger partial charge in [0, 0.05) is 25.2 Å². The largest absolute Gasteiger partial charge is 0.416 e. The van der Waals surface area contributed by atoms with E-state index in [4.69, 9.17) is 0 Å². The van der Waals surface area contributed by atoms with Crippen LogP contribution in [0.25, 0.3) is 0 Å². The van der Waals surface area contributed by atoms with E-state index in [0.717, 1.165) is 25.1 Å². The monoisotopic (exact) mass is 308 g/mol. The average molecular weight is 309 g/mol. The van der Waals surface area contributed by atoms with Crippen LogP contribution in [-0.4, -0.2) is 37.0 Å². The first-order valence-corrected chi connectivity index (χ1v) is 6.05. The lowest BCUT2D eigenvalue weighted by Crippen LogP contribution is -2.38. The van der Waals surface area contributed by atoms with E-state index < -0.39 is 11.7 Å². The molecule has 0 aliphatic carbocycles. The normalized spacial score (nSPS) is 18.5. The Hall–Kier alpha value is -1.27. The highest BCUT2D eigenvalue weighted by atomic mass is 35.5. The number of alkyl halides is 3. The molecule has 1 heterocycles. The minimum atomic E-state index is -4.43. The van der Waals surface area contributed by atoms with Crippen LogP contribution in [-0.2, 0) is 6.18 Å². The Kier molecular flexibility index (Phi) is 5.42. The van der Waals surface area contributed by atoms with Gasteiger partial charge in [-0.2, -0.15) is 13.2 Å². The third-order valence-corrected chi connectivity index (χ3v) is 3.34. The molecule has 0 unspecified atom stereocenters. The first kappa shape index (κ1) is 16.8. The minimum Gasteiger partial charge on any atom is -0.337 e. The van der Waals surface area contributed by atoms with Crippen molar-refractivity contribution in [2.75, 3.05) is 20.1 Å². The van der Waals surface area contributed by atoms with Gasteiger partial charge < -0.3 is 10.2 Å². The summed E-state index contributed by atoms with van der Waals surface area (Å²) in [6, 6.07) is 4.59. The van der Waals surface area contributed by atoms with Crippen LogP contribution in [0, 0.1) is 0 Å². The fourth-order valence-electron chi connectivity index (χ4n) is 2.17. The van der Waals surface area contributed by atoms with Crippen molar-refractivity contribution in [3.8, 4) is 0 Å². The topological polar surface area (TPSA) is 32.3 Å². The second-order valence-corrected chi connectivity index (χ2v) is 4.64. The first-order valence-electron chi connectivity index (χ1n) is 6.05. The molecule has 3 nitrogen and oxygen atoms in total. The van der Waals surface area contributed by atoms with Gasteiger partial charge in [0.05, 0.1) is 5.56 Å². The average Bonchev–Trinajstić information content (AvgIpc) is 2.90. The molecule has 112 valence electrons. The summed E-state index contributed by atoms with van der Waals surface area (Å²) in [4.78, 5) is 13.7. The Morgan fingerprint density at radius 2 is 2.10 bits per heavy atom. The fraction of sp³-hybridized carbons (Fsp3) is 0.462. The molecule has 1 N–H and O–H groups in total. The summed E-state index contributed by atoms with van der Waals surface area (Å²) in [5.41, 5.74) is -0.722. The van der Waals surface area contributed by atoms with E-state index in [1.54, 1.807) is 7.05 Å². The van der Waals surface area contributed by atoms with Crippen LogP contribution < -0.4 is 5.32 Å². The molecule has 0 radical (unpaired) electrons. The van der Waals surface area contributed by atoms with Gasteiger partial charge in [-0.3, -0.25) is 4.79 Å². The number of hydrogen-bond donors (Lipinski definition) is 1. The number of hydrogen-bond acceptors (Lipinski definition) is 2. The van der Waals surface area contributed by atoms with E-state index in [0.29, 0.717) is 6.54 Å². The Morgan fingerprint density at radius 1 is 1.40 bits per heavy atom. The Morgan fingerprint density at radius 3 is 2.65 bits per heavy atom. The molecule has 1 atom stereocenters. The van der Waals surface area contributed by atoms with E-state index in [1.807, 2.05) is 0 Å². The number of halogens is 4. The van der Waals surface area contributed by atoms with Crippen molar-refractivity contribution in [3.05, 3.63) is 35.4 Å². The first-order chi connectivity index (χ1) is 8.89. The Labute approximate surface area is 121 Å². The molecule has 0 saturated carbocycles. The third-order valence-electron chi connectivity index (χ3n) is 3.34. The maximum atomic E-state index is 12.6. The van der Waals surface area contributed by atoms with Crippen molar-refractivity contribution in [2.45, 2.75) is 18.6 Å². The molecule has 1 amide bonds. The van der Waals surface area contributed by atoms with E-state index in [1.165, 1.54) is 17.0 Å². The maximum Gasteiger partial charge on any atom is 0.416 e. The van der Waals surface area contributed by atoms with Gasteiger partial charge in [-0.25, -0.2) is 0 Å². The van der Waals surface area contributed by atoms with Crippen molar-refractivity contribution in [2.24, 2.45) is 0 Å². The second-order valence-electron chi connectivity index (χ2n) is 4.64. The summed E-state index contributed by atoms with van der Waals surface area (Å²) >= 11 is 0. The van der Waals surface area contributed by atoms with Gasteiger partial charge in [0.1, 0.15) is 0 Å². The molecular formula is C13H16ClF3N2O. The van der Waals surface area contributed by atoms with Crippen molar-refractivity contribution in [1.82, 2.24) is 10.2 Å². The van der Waals surface area contributed by atoms with E-state index in [9.17, 15) is 18.0 Å². The van der Waals surface area contributed by atoms with Crippen molar-refractivity contribution < 1.29 is 18.0 Å². The molecule has 1 aromatic carbocycles. The summed E-state index contributed by atoms with van der Waals surface area (Å²) in [7, 11) is 1.63. The quantitative estimate of drug-likeness (QED) is 0.911. The molecule has 2 rings (SSSR count). The molecule has 7 heteroatoms. The van der Waals surface area contributed by atoms with Gasteiger partial charge in [0.2, 0.25) is 0 Å². The third kappa shape index (κ3) is 3.64. The molecule has 1 fully saturated rings. The fourth-order valence-corrected chi connectivity index (χ4v) is 2.17. The number of nitrogens with one attached hydrogen (secondary N) is 1.